The molecule has 0 aliphatic carbocycles. The first-order valence-electron chi connectivity index (χ1n) is 8.38. The monoisotopic (exact) mass is 341 g/mol. The summed E-state index contributed by atoms with van der Waals surface area (Å²) in [4.78, 5) is 23.0. The number of anilines is 2. The summed E-state index contributed by atoms with van der Waals surface area (Å²) in [6.45, 7) is 7.32. The smallest absolute Gasteiger partial charge is 0.319 e. The van der Waals surface area contributed by atoms with Crippen molar-refractivity contribution in [1.82, 2.24) is 15.3 Å². The van der Waals surface area contributed by atoms with E-state index in [2.05, 4.69) is 31.6 Å². The van der Waals surface area contributed by atoms with E-state index < -0.39 is 0 Å². The number of morpholine rings is 1. The standard InChI is InChI=1S/C18H23N5O2/c1-13-9-14(2)11-15(10-13)21-18(24)20-12-16-19-4-3-17(22-16)23-5-7-25-8-6-23/h3-4,9-11H,5-8,12H2,1-2H3,(H2,20,21,24). The quantitative estimate of drug-likeness (QED) is 0.892. The van der Waals surface area contributed by atoms with E-state index in [1.54, 1.807) is 6.20 Å². The number of nitrogens with one attached hydrogen (secondary N) is 2. The molecular weight excluding hydrogens is 318 g/mol. The van der Waals surface area contributed by atoms with Crippen molar-refractivity contribution >= 4 is 17.5 Å². The van der Waals surface area contributed by atoms with Crippen LogP contribution >= 0.6 is 0 Å². The van der Waals surface area contributed by atoms with Crippen LogP contribution in [0.25, 0.3) is 0 Å². The topological polar surface area (TPSA) is 79.4 Å². The predicted molar refractivity (Wildman–Crippen MR) is 96.8 cm³/mol. The lowest BCUT2D eigenvalue weighted by molar-refractivity contribution is 0.122. The van der Waals surface area contributed by atoms with Crippen molar-refractivity contribution in [2.75, 3.05) is 36.5 Å². The van der Waals surface area contributed by atoms with Gasteiger partial charge in [-0.25, -0.2) is 14.8 Å². The van der Waals surface area contributed by atoms with Gasteiger partial charge in [0, 0.05) is 25.0 Å². The molecule has 0 spiro atoms. The Morgan fingerprint density at radius 2 is 1.92 bits per heavy atom. The van der Waals surface area contributed by atoms with Crippen LogP contribution < -0.4 is 15.5 Å². The number of carbonyl (C=O) groups excluding carboxylic acids is 1. The fraction of sp³-hybridized carbons (Fsp3) is 0.389. The third-order valence-corrected chi connectivity index (χ3v) is 3.91. The number of aromatic nitrogens is 2. The van der Waals surface area contributed by atoms with Crippen LogP contribution in [0.3, 0.4) is 0 Å². The number of aryl methyl sites for hydroxylation is 2. The van der Waals surface area contributed by atoms with Crippen LogP contribution in [-0.4, -0.2) is 42.3 Å². The second kappa shape index (κ2) is 7.94. The predicted octanol–water partition coefficient (Wildman–Crippen LogP) is 2.25. The van der Waals surface area contributed by atoms with Gasteiger partial charge in [0.05, 0.1) is 19.8 Å². The second-order valence-corrected chi connectivity index (χ2v) is 6.11. The zero-order valence-electron chi connectivity index (χ0n) is 14.6. The van der Waals surface area contributed by atoms with Gasteiger partial charge in [0.15, 0.2) is 0 Å². The summed E-state index contributed by atoms with van der Waals surface area (Å²) in [6, 6.07) is 7.54. The van der Waals surface area contributed by atoms with Crippen LogP contribution in [-0.2, 0) is 11.3 Å². The van der Waals surface area contributed by atoms with Crippen LogP contribution in [0.2, 0.25) is 0 Å². The molecule has 132 valence electrons. The van der Waals surface area contributed by atoms with Crippen molar-refractivity contribution in [3.63, 3.8) is 0 Å². The maximum Gasteiger partial charge on any atom is 0.319 e. The third kappa shape index (κ3) is 4.90. The molecule has 2 N–H and O–H groups in total. The summed E-state index contributed by atoms with van der Waals surface area (Å²) in [5.74, 6) is 1.45. The molecular formula is C18H23N5O2. The third-order valence-electron chi connectivity index (χ3n) is 3.91. The van der Waals surface area contributed by atoms with Gasteiger partial charge in [-0.3, -0.25) is 0 Å². The zero-order valence-corrected chi connectivity index (χ0v) is 14.6. The molecule has 2 aromatic rings. The molecule has 1 aliphatic rings. The average Bonchev–Trinajstić information content (AvgIpc) is 2.60. The lowest BCUT2D eigenvalue weighted by Crippen LogP contribution is -2.37. The second-order valence-electron chi connectivity index (χ2n) is 6.11. The first-order chi connectivity index (χ1) is 12.1. The highest BCUT2D eigenvalue weighted by Gasteiger charge is 2.13. The van der Waals surface area contributed by atoms with Gasteiger partial charge in [0.2, 0.25) is 0 Å². The number of hydrogen-bond acceptors (Lipinski definition) is 5. The molecule has 0 unspecified atom stereocenters. The molecule has 25 heavy (non-hydrogen) atoms. The molecule has 0 bridgehead atoms. The minimum Gasteiger partial charge on any atom is -0.378 e. The maximum absolute atomic E-state index is 12.1. The van der Waals surface area contributed by atoms with Gasteiger partial charge >= 0.3 is 6.03 Å². The van der Waals surface area contributed by atoms with Gasteiger partial charge in [-0.1, -0.05) is 6.07 Å². The van der Waals surface area contributed by atoms with E-state index in [1.807, 2.05) is 32.0 Å². The largest absolute Gasteiger partial charge is 0.378 e. The first-order valence-corrected chi connectivity index (χ1v) is 8.38. The number of ether oxygens (including phenoxy) is 1. The van der Waals surface area contributed by atoms with E-state index in [9.17, 15) is 4.79 Å². The number of rotatable bonds is 4. The summed E-state index contributed by atoms with van der Waals surface area (Å²) in [7, 11) is 0. The number of benzene rings is 1. The Kier molecular flexibility index (Phi) is 5.45. The fourth-order valence-corrected chi connectivity index (χ4v) is 2.82. The van der Waals surface area contributed by atoms with Crippen molar-refractivity contribution in [1.29, 1.82) is 0 Å². The van der Waals surface area contributed by atoms with Gasteiger partial charge in [0.1, 0.15) is 11.6 Å². The Hall–Kier alpha value is -2.67. The van der Waals surface area contributed by atoms with E-state index in [4.69, 9.17) is 4.74 Å². The summed E-state index contributed by atoms with van der Waals surface area (Å²) in [6.07, 6.45) is 1.72. The highest BCUT2D eigenvalue weighted by Crippen LogP contribution is 2.14. The molecule has 0 atom stereocenters. The first kappa shape index (κ1) is 17.2. The van der Waals surface area contributed by atoms with Crippen LogP contribution in [0.1, 0.15) is 17.0 Å². The Labute approximate surface area is 147 Å². The summed E-state index contributed by atoms with van der Waals surface area (Å²) >= 11 is 0. The van der Waals surface area contributed by atoms with Crippen LogP contribution in [0.5, 0.6) is 0 Å². The van der Waals surface area contributed by atoms with Crippen molar-refractivity contribution < 1.29 is 9.53 Å². The molecule has 0 saturated carbocycles. The van der Waals surface area contributed by atoms with Gasteiger partial charge < -0.3 is 20.3 Å². The molecule has 3 rings (SSSR count). The molecule has 1 aromatic carbocycles. The van der Waals surface area contributed by atoms with E-state index in [-0.39, 0.29) is 12.6 Å². The number of amides is 2. The van der Waals surface area contributed by atoms with Crippen LogP contribution in [0.4, 0.5) is 16.3 Å². The van der Waals surface area contributed by atoms with Gasteiger partial charge in [-0.15, -0.1) is 0 Å². The summed E-state index contributed by atoms with van der Waals surface area (Å²) in [5, 5.41) is 5.64. The van der Waals surface area contributed by atoms with E-state index in [0.29, 0.717) is 19.0 Å². The minimum absolute atomic E-state index is 0.273. The summed E-state index contributed by atoms with van der Waals surface area (Å²) < 4.78 is 5.35. The SMILES string of the molecule is Cc1cc(C)cc(NC(=O)NCc2nccc(N3CCOCC3)n2)c1. The fourth-order valence-electron chi connectivity index (χ4n) is 2.82. The average molecular weight is 341 g/mol. The van der Waals surface area contributed by atoms with Crippen molar-refractivity contribution in [2.24, 2.45) is 0 Å². The Bertz CT molecular complexity index is 724. The highest BCUT2D eigenvalue weighted by atomic mass is 16.5. The Morgan fingerprint density at radius 1 is 1.20 bits per heavy atom. The van der Waals surface area contributed by atoms with E-state index in [0.717, 1.165) is 35.7 Å². The van der Waals surface area contributed by atoms with E-state index >= 15 is 0 Å². The number of carbonyl (C=O) groups is 1. The van der Waals surface area contributed by atoms with Crippen molar-refractivity contribution in [3.05, 3.63) is 47.4 Å². The normalized spacial score (nSPS) is 14.2. The highest BCUT2D eigenvalue weighted by molar-refractivity contribution is 5.89. The number of hydrogen-bond donors (Lipinski definition) is 2. The number of urea groups is 1. The van der Waals surface area contributed by atoms with Crippen molar-refractivity contribution in [3.8, 4) is 0 Å². The van der Waals surface area contributed by atoms with Gasteiger partial charge in [-0.2, -0.15) is 0 Å². The molecule has 7 heteroatoms. The molecule has 1 aromatic heterocycles. The molecule has 1 saturated heterocycles. The zero-order chi connectivity index (χ0) is 17.6. The Balaban J connectivity index is 1.56. The molecule has 1 fully saturated rings. The number of nitrogens with zero attached hydrogens (tertiary/aromatic N) is 3. The molecule has 7 nitrogen and oxygen atoms in total. The summed E-state index contributed by atoms with van der Waals surface area (Å²) in [5.41, 5.74) is 2.99. The van der Waals surface area contributed by atoms with Crippen LogP contribution in [0, 0.1) is 13.8 Å². The maximum atomic E-state index is 12.1. The van der Waals surface area contributed by atoms with Gasteiger partial charge in [0.25, 0.3) is 0 Å². The van der Waals surface area contributed by atoms with Gasteiger partial charge in [-0.05, 0) is 43.2 Å². The Morgan fingerprint density at radius 3 is 2.64 bits per heavy atom. The minimum atomic E-state index is -0.273. The molecule has 2 heterocycles. The van der Waals surface area contributed by atoms with Crippen LogP contribution in [0.15, 0.2) is 30.5 Å². The van der Waals surface area contributed by atoms with Crippen molar-refractivity contribution in [2.45, 2.75) is 20.4 Å². The lowest BCUT2D eigenvalue weighted by atomic mass is 10.1. The molecule has 1 aliphatic heterocycles. The molecule has 0 radical (unpaired) electrons. The molecule has 2 amide bonds. The lowest BCUT2D eigenvalue weighted by Gasteiger charge is -2.27. The van der Waals surface area contributed by atoms with E-state index in [1.165, 1.54) is 0 Å².